The van der Waals surface area contributed by atoms with Gasteiger partial charge in [-0.05, 0) is 63.1 Å². The zero-order valence-corrected chi connectivity index (χ0v) is 14.2. The molecule has 0 radical (unpaired) electrons. The van der Waals surface area contributed by atoms with Crippen LogP contribution in [0.25, 0.3) is 0 Å². The van der Waals surface area contributed by atoms with Crippen LogP contribution < -0.4 is 10.1 Å². The van der Waals surface area contributed by atoms with Crippen molar-refractivity contribution in [2.75, 3.05) is 5.32 Å². The van der Waals surface area contributed by atoms with Crippen LogP contribution in [0.15, 0.2) is 18.2 Å². The van der Waals surface area contributed by atoms with Gasteiger partial charge in [0.1, 0.15) is 5.75 Å². The number of anilines is 1. The van der Waals surface area contributed by atoms with Crippen molar-refractivity contribution in [2.45, 2.75) is 51.0 Å². The van der Waals surface area contributed by atoms with E-state index in [4.69, 9.17) is 21.4 Å². The molecule has 130 valence electrons. The highest BCUT2D eigenvalue weighted by atomic mass is 35.5. The average Bonchev–Trinajstić information content (AvgIpc) is 3.21. The molecule has 0 heterocycles. The van der Waals surface area contributed by atoms with Gasteiger partial charge in [0, 0.05) is 11.6 Å². The largest absolute Gasteiger partial charge is 0.489 e. The highest BCUT2D eigenvalue weighted by Crippen LogP contribution is 2.34. The predicted octanol–water partition coefficient (Wildman–Crippen LogP) is 4.10. The second kappa shape index (κ2) is 7.43. The predicted molar refractivity (Wildman–Crippen MR) is 91.4 cm³/mol. The molecule has 2 N–H and O–H groups in total. The van der Waals surface area contributed by atoms with Crippen molar-refractivity contribution in [1.29, 1.82) is 0 Å². The van der Waals surface area contributed by atoms with Gasteiger partial charge in [-0.15, -0.1) is 0 Å². The zero-order valence-electron chi connectivity index (χ0n) is 13.5. The molecule has 6 heteroatoms. The molecule has 0 spiro atoms. The summed E-state index contributed by atoms with van der Waals surface area (Å²) in [5.41, 5.74) is 0.613. The number of ether oxygens (including phenoxy) is 1. The summed E-state index contributed by atoms with van der Waals surface area (Å²) < 4.78 is 5.90. The van der Waals surface area contributed by atoms with Gasteiger partial charge in [0.05, 0.1) is 17.0 Å². The third-order valence-electron chi connectivity index (χ3n) is 4.95. The van der Waals surface area contributed by atoms with Crippen LogP contribution in [-0.2, 0) is 9.59 Å². The minimum absolute atomic E-state index is 0.140. The summed E-state index contributed by atoms with van der Waals surface area (Å²) in [5, 5.41) is 12.3. The van der Waals surface area contributed by atoms with E-state index < -0.39 is 11.9 Å². The summed E-state index contributed by atoms with van der Waals surface area (Å²) in [5.74, 6) is -0.972. The number of benzene rings is 1. The van der Waals surface area contributed by atoms with E-state index in [0.717, 1.165) is 12.8 Å². The Bertz CT molecular complexity index is 627. The lowest BCUT2D eigenvalue weighted by atomic mass is 10.0. The third kappa shape index (κ3) is 4.01. The summed E-state index contributed by atoms with van der Waals surface area (Å²) >= 11 is 6.26. The molecule has 2 atom stereocenters. The van der Waals surface area contributed by atoms with E-state index in [2.05, 4.69) is 5.32 Å². The Hall–Kier alpha value is -1.75. The Balaban J connectivity index is 1.58. The first-order valence-corrected chi connectivity index (χ1v) is 8.90. The van der Waals surface area contributed by atoms with Crippen molar-refractivity contribution in [2.24, 2.45) is 11.8 Å². The molecule has 2 aliphatic carbocycles. The van der Waals surface area contributed by atoms with Gasteiger partial charge in [0.2, 0.25) is 5.91 Å². The summed E-state index contributed by atoms with van der Waals surface area (Å²) in [6, 6.07) is 5.25. The number of rotatable bonds is 5. The third-order valence-corrected chi connectivity index (χ3v) is 5.24. The van der Waals surface area contributed by atoms with Crippen LogP contribution >= 0.6 is 11.6 Å². The first-order valence-electron chi connectivity index (χ1n) is 8.53. The number of aliphatic carboxylic acids is 1. The van der Waals surface area contributed by atoms with Gasteiger partial charge in [-0.25, -0.2) is 0 Å². The molecule has 2 aliphatic rings. The normalized spacial score (nSPS) is 24.0. The van der Waals surface area contributed by atoms with Crippen molar-refractivity contribution in [3.8, 4) is 5.75 Å². The standard InChI is InChI=1S/C18H22ClNO4/c19-15-10-13(7-8-16(15)24-14-3-1-2-4-14)20-17(21)11-5-6-12(9-11)18(22)23/h7-8,10-12,14H,1-6,9H2,(H,20,21)(H,22,23)/t11-,12+/m0/s1. The maximum atomic E-state index is 12.3. The second-order valence-corrected chi connectivity index (χ2v) is 7.11. The van der Waals surface area contributed by atoms with E-state index in [1.165, 1.54) is 12.8 Å². The topological polar surface area (TPSA) is 75.6 Å². The van der Waals surface area contributed by atoms with E-state index >= 15 is 0 Å². The maximum Gasteiger partial charge on any atom is 0.306 e. The molecule has 5 nitrogen and oxygen atoms in total. The summed E-state index contributed by atoms with van der Waals surface area (Å²) in [6.45, 7) is 0. The van der Waals surface area contributed by atoms with Crippen LogP contribution in [-0.4, -0.2) is 23.1 Å². The Kier molecular flexibility index (Phi) is 5.29. The first-order chi connectivity index (χ1) is 11.5. The molecule has 0 saturated heterocycles. The number of carboxylic acid groups (broad SMARTS) is 1. The molecule has 0 unspecified atom stereocenters. The Morgan fingerprint density at radius 3 is 2.46 bits per heavy atom. The molecule has 1 aromatic rings. The molecule has 24 heavy (non-hydrogen) atoms. The van der Waals surface area contributed by atoms with Crippen molar-refractivity contribution in [1.82, 2.24) is 0 Å². The van der Waals surface area contributed by atoms with E-state index in [1.807, 2.05) is 0 Å². The van der Waals surface area contributed by atoms with Gasteiger partial charge in [-0.1, -0.05) is 11.6 Å². The molecule has 2 saturated carbocycles. The van der Waals surface area contributed by atoms with Gasteiger partial charge in [-0.3, -0.25) is 9.59 Å². The van der Waals surface area contributed by atoms with Crippen LogP contribution in [0.3, 0.4) is 0 Å². The zero-order chi connectivity index (χ0) is 17.1. The van der Waals surface area contributed by atoms with Crippen LogP contribution in [0.1, 0.15) is 44.9 Å². The number of amides is 1. The number of hydrogen-bond acceptors (Lipinski definition) is 3. The number of hydrogen-bond donors (Lipinski definition) is 2. The van der Waals surface area contributed by atoms with Crippen molar-refractivity contribution < 1.29 is 19.4 Å². The summed E-state index contributed by atoms with van der Waals surface area (Å²) in [6.07, 6.45) is 6.29. The Morgan fingerprint density at radius 2 is 1.83 bits per heavy atom. The summed E-state index contributed by atoms with van der Waals surface area (Å²) in [7, 11) is 0. The second-order valence-electron chi connectivity index (χ2n) is 6.70. The smallest absolute Gasteiger partial charge is 0.306 e. The van der Waals surface area contributed by atoms with E-state index in [-0.39, 0.29) is 17.9 Å². The van der Waals surface area contributed by atoms with Gasteiger partial charge in [-0.2, -0.15) is 0 Å². The average molecular weight is 352 g/mol. The fourth-order valence-electron chi connectivity index (χ4n) is 3.55. The maximum absolute atomic E-state index is 12.3. The van der Waals surface area contributed by atoms with Gasteiger partial charge in [0.25, 0.3) is 0 Å². The Labute approximate surface area is 146 Å². The van der Waals surface area contributed by atoms with Gasteiger partial charge < -0.3 is 15.2 Å². The fraction of sp³-hybridized carbons (Fsp3) is 0.556. The van der Waals surface area contributed by atoms with E-state index in [1.54, 1.807) is 18.2 Å². The van der Waals surface area contributed by atoms with Gasteiger partial charge >= 0.3 is 5.97 Å². The number of carboxylic acids is 1. The Morgan fingerprint density at radius 1 is 1.12 bits per heavy atom. The van der Waals surface area contributed by atoms with E-state index in [0.29, 0.717) is 35.7 Å². The number of carbonyl (C=O) groups is 2. The highest BCUT2D eigenvalue weighted by molar-refractivity contribution is 6.32. The molecular formula is C18H22ClNO4. The molecule has 1 aromatic carbocycles. The molecular weight excluding hydrogens is 330 g/mol. The number of halogens is 1. The monoisotopic (exact) mass is 351 g/mol. The van der Waals surface area contributed by atoms with Crippen molar-refractivity contribution in [3.63, 3.8) is 0 Å². The highest BCUT2D eigenvalue weighted by Gasteiger charge is 2.33. The van der Waals surface area contributed by atoms with E-state index in [9.17, 15) is 9.59 Å². The molecule has 2 fully saturated rings. The van der Waals surface area contributed by atoms with Crippen LogP contribution in [0.2, 0.25) is 5.02 Å². The first kappa shape index (κ1) is 17.1. The lowest BCUT2D eigenvalue weighted by Gasteiger charge is -2.16. The van der Waals surface area contributed by atoms with Crippen LogP contribution in [0.5, 0.6) is 5.75 Å². The van der Waals surface area contributed by atoms with Crippen molar-refractivity contribution >= 4 is 29.2 Å². The minimum Gasteiger partial charge on any atom is -0.489 e. The van der Waals surface area contributed by atoms with Crippen LogP contribution in [0, 0.1) is 11.8 Å². The quantitative estimate of drug-likeness (QED) is 0.837. The summed E-state index contributed by atoms with van der Waals surface area (Å²) in [4.78, 5) is 23.3. The molecule has 0 aromatic heterocycles. The fourth-order valence-corrected chi connectivity index (χ4v) is 3.77. The molecule has 3 rings (SSSR count). The molecule has 0 aliphatic heterocycles. The van der Waals surface area contributed by atoms with Crippen LogP contribution in [0.4, 0.5) is 5.69 Å². The van der Waals surface area contributed by atoms with Gasteiger partial charge in [0.15, 0.2) is 0 Å². The molecule has 1 amide bonds. The number of carbonyl (C=O) groups excluding carboxylic acids is 1. The SMILES string of the molecule is O=C(O)[C@@H]1CC[C@H](C(=O)Nc2ccc(OC3CCCC3)c(Cl)c2)C1. The lowest BCUT2D eigenvalue weighted by molar-refractivity contribution is -0.141. The lowest BCUT2D eigenvalue weighted by Crippen LogP contribution is -2.21. The minimum atomic E-state index is -0.818. The van der Waals surface area contributed by atoms with Crippen molar-refractivity contribution in [3.05, 3.63) is 23.2 Å². The number of nitrogens with one attached hydrogen (secondary N) is 1. The molecule has 0 bridgehead atoms.